The lowest BCUT2D eigenvalue weighted by atomic mass is 9.76. The summed E-state index contributed by atoms with van der Waals surface area (Å²) < 4.78 is 15.7. The van der Waals surface area contributed by atoms with Gasteiger partial charge in [0.15, 0.2) is 0 Å². The molecule has 5 aliphatic heterocycles. The van der Waals surface area contributed by atoms with Crippen molar-refractivity contribution in [1.29, 1.82) is 5.26 Å². The van der Waals surface area contributed by atoms with Gasteiger partial charge in [0.05, 0.1) is 16.3 Å². The van der Waals surface area contributed by atoms with Gasteiger partial charge in [-0.2, -0.15) is 5.26 Å². The third kappa shape index (κ3) is 8.56. The van der Waals surface area contributed by atoms with Crippen LogP contribution in [0.15, 0.2) is 60.7 Å². The fraction of sp³-hybridized carbons (Fsp3) is 0.500. The van der Waals surface area contributed by atoms with E-state index in [1.54, 1.807) is 18.2 Å². The molecule has 0 aromatic heterocycles. The first kappa shape index (κ1) is 39.0. The highest BCUT2D eigenvalue weighted by molar-refractivity contribution is 6.32. The number of piperazine rings is 1. The zero-order chi connectivity index (χ0) is 39.7. The van der Waals surface area contributed by atoms with Gasteiger partial charge in [-0.25, -0.2) is 4.39 Å². The topological polar surface area (TPSA) is 115 Å². The molecule has 2 N–H and O–H groups in total. The van der Waals surface area contributed by atoms with Crippen molar-refractivity contribution in [3.63, 3.8) is 0 Å². The van der Waals surface area contributed by atoms with E-state index < -0.39 is 6.04 Å². The highest BCUT2D eigenvalue weighted by Gasteiger charge is 2.44. The Kier molecular flexibility index (Phi) is 11.3. The minimum Gasteiger partial charge on any atom is -0.374 e. The molecule has 1 spiro atoms. The first-order chi connectivity index (χ1) is 27.6. The summed E-state index contributed by atoms with van der Waals surface area (Å²) in [5.41, 5.74) is 4.65. The molecule has 0 aliphatic carbocycles. The molecule has 5 saturated heterocycles. The predicted molar refractivity (Wildman–Crippen MR) is 221 cm³/mol. The third-order valence-electron chi connectivity index (χ3n) is 13.1. The van der Waals surface area contributed by atoms with Gasteiger partial charge in [0, 0.05) is 101 Å². The number of nitrogens with zero attached hydrogens (tertiary/aromatic N) is 6. The van der Waals surface area contributed by atoms with Gasteiger partial charge < -0.3 is 24.9 Å². The van der Waals surface area contributed by atoms with Crippen LogP contribution in [-0.2, 0) is 9.59 Å². The Morgan fingerprint density at radius 2 is 1.70 bits per heavy atom. The summed E-state index contributed by atoms with van der Waals surface area (Å²) in [5, 5.41) is 15.5. The van der Waals surface area contributed by atoms with Crippen molar-refractivity contribution in [1.82, 2.24) is 15.1 Å². The molecule has 0 radical (unpaired) electrons. The Hall–Kier alpha value is -4.86. The molecule has 5 aliphatic rings. The van der Waals surface area contributed by atoms with E-state index >= 15 is 4.39 Å². The molecule has 0 unspecified atom stereocenters. The lowest BCUT2D eigenvalue weighted by Crippen LogP contribution is -2.49. The second-order valence-corrected chi connectivity index (χ2v) is 17.2. The maximum atomic E-state index is 15.7. The molecule has 5 fully saturated rings. The van der Waals surface area contributed by atoms with Crippen LogP contribution in [0.4, 0.5) is 27.1 Å². The lowest BCUT2D eigenvalue weighted by molar-refractivity contribution is -0.133. The molecular weight excluding hydrogens is 743 g/mol. The zero-order valence-electron chi connectivity index (χ0n) is 32.7. The van der Waals surface area contributed by atoms with Crippen LogP contribution in [0, 0.1) is 28.5 Å². The minimum atomic E-state index is -0.407. The molecule has 3 aromatic rings. The number of hydrogen-bond donors (Lipinski definition) is 2. The monoisotopic (exact) mass is 794 g/mol. The standard InChI is InChI=1S/C44H52ClFN8O3/c1-30-26-44(29-54(30)36-7-5-33(27-47)37(45)25-36)13-17-52(18-14-44)40-9-6-32(23-38(40)46)43(57)53-15-11-31(12-16-53)28-50-19-21-51(22-20-50)35-4-2-3-34(24-35)48-39-8-10-41(55)49-42(39)56/h2-7,9,23-25,30-31,39,48H,8,10-22,26,28-29H2,1H3,(H,49,55,56)/t30-,39-/m1/s1. The van der Waals surface area contributed by atoms with Gasteiger partial charge in [-0.3, -0.25) is 24.6 Å². The van der Waals surface area contributed by atoms with Crippen molar-refractivity contribution in [2.24, 2.45) is 11.3 Å². The molecule has 11 nitrogen and oxygen atoms in total. The molecule has 300 valence electrons. The number of nitrogens with one attached hydrogen (secondary N) is 2. The molecule has 57 heavy (non-hydrogen) atoms. The van der Waals surface area contributed by atoms with E-state index in [2.05, 4.69) is 55.4 Å². The summed E-state index contributed by atoms with van der Waals surface area (Å²) in [6.07, 6.45) is 5.69. The smallest absolute Gasteiger partial charge is 0.253 e. The van der Waals surface area contributed by atoms with Crippen LogP contribution in [0.3, 0.4) is 0 Å². The number of amides is 3. The molecule has 2 atom stereocenters. The zero-order valence-corrected chi connectivity index (χ0v) is 33.4. The van der Waals surface area contributed by atoms with E-state index in [0.29, 0.717) is 59.7 Å². The van der Waals surface area contributed by atoms with Gasteiger partial charge in [-0.05, 0) is 111 Å². The van der Waals surface area contributed by atoms with Gasteiger partial charge in [-0.1, -0.05) is 17.7 Å². The first-order valence-corrected chi connectivity index (χ1v) is 20.9. The minimum absolute atomic E-state index is 0.0950. The van der Waals surface area contributed by atoms with Gasteiger partial charge in [0.1, 0.15) is 17.9 Å². The molecular formula is C44H52ClFN8O3. The highest BCUT2D eigenvalue weighted by atomic mass is 35.5. The van der Waals surface area contributed by atoms with E-state index in [0.717, 1.165) is 102 Å². The normalized spacial score (nSPS) is 23.1. The quantitative estimate of drug-likeness (QED) is 0.260. The van der Waals surface area contributed by atoms with E-state index in [1.807, 2.05) is 29.2 Å². The maximum Gasteiger partial charge on any atom is 0.253 e. The second kappa shape index (κ2) is 16.5. The van der Waals surface area contributed by atoms with E-state index in [-0.39, 0.29) is 29.0 Å². The number of rotatable bonds is 8. The van der Waals surface area contributed by atoms with Gasteiger partial charge in [0.2, 0.25) is 11.8 Å². The van der Waals surface area contributed by atoms with Gasteiger partial charge in [0.25, 0.3) is 5.91 Å². The lowest BCUT2D eigenvalue weighted by Gasteiger charge is -2.40. The average Bonchev–Trinajstić information content (AvgIpc) is 3.54. The number of piperidine rings is 3. The largest absolute Gasteiger partial charge is 0.374 e. The summed E-state index contributed by atoms with van der Waals surface area (Å²) in [6, 6.07) is 20.9. The molecule has 0 bridgehead atoms. The molecule has 8 rings (SSSR count). The number of imide groups is 1. The molecule has 0 saturated carbocycles. The Labute approximate surface area is 339 Å². The maximum absolute atomic E-state index is 15.7. The fourth-order valence-electron chi connectivity index (χ4n) is 9.80. The summed E-state index contributed by atoms with van der Waals surface area (Å²) in [6.45, 7) is 10.8. The van der Waals surface area contributed by atoms with Crippen molar-refractivity contribution in [2.75, 3.05) is 85.5 Å². The summed E-state index contributed by atoms with van der Waals surface area (Å²) in [7, 11) is 0. The van der Waals surface area contributed by atoms with E-state index in [1.165, 1.54) is 6.07 Å². The number of likely N-dealkylation sites (tertiary alicyclic amines) is 1. The molecule has 13 heteroatoms. The van der Waals surface area contributed by atoms with Crippen molar-refractivity contribution >= 4 is 52.1 Å². The van der Waals surface area contributed by atoms with Crippen molar-refractivity contribution < 1.29 is 18.8 Å². The van der Waals surface area contributed by atoms with Crippen LogP contribution in [0.2, 0.25) is 5.02 Å². The van der Waals surface area contributed by atoms with E-state index in [4.69, 9.17) is 11.6 Å². The number of nitriles is 1. The van der Waals surface area contributed by atoms with Crippen molar-refractivity contribution in [2.45, 2.75) is 64.0 Å². The Bertz CT molecular complexity index is 2030. The Balaban J connectivity index is 0.778. The summed E-state index contributed by atoms with van der Waals surface area (Å²) in [5.74, 6) is -0.405. The van der Waals surface area contributed by atoms with E-state index in [9.17, 15) is 19.6 Å². The number of benzene rings is 3. The number of carbonyl (C=O) groups excluding carboxylic acids is 3. The molecule has 3 aromatic carbocycles. The van der Waals surface area contributed by atoms with Crippen LogP contribution in [0.1, 0.15) is 67.8 Å². The second-order valence-electron chi connectivity index (χ2n) is 16.8. The fourth-order valence-corrected chi connectivity index (χ4v) is 10.0. The number of hydrogen-bond acceptors (Lipinski definition) is 9. The van der Waals surface area contributed by atoms with Crippen LogP contribution < -0.4 is 25.3 Å². The molecule has 3 amide bonds. The van der Waals surface area contributed by atoms with Gasteiger partial charge in [-0.15, -0.1) is 0 Å². The Morgan fingerprint density at radius 1 is 0.930 bits per heavy atom. The number of carbonyl (C=O) groups is 3. The van der Waals surface area contributed by atoms with Crippen LogP contribution in [-0.4, -0.2) is 105 Å². The molecule has 5 heterocycles. The van der Waals surface area contributed by atoms with Crippen LogP contribution in [0.5, 0.6) is 0 Å². The average molecular weight is 795 g/mol. The van der Waals surface area contributed by atoms with Crippen LogP contribution >= 0.6 is 11.6 Å². The third-order valence-corrected chi connectivity index (χ3v) is 13.4. The highest BCUT2D eigenvalue weighted by Crippen LogP contribution is 2.46. The van der Waals surface area contributed by atoms with Crippen molar-refractivity contribution in [3.8, 4) is 6.07 Å². The Morgan fingerprint density at radius 3 is 2.40 bits per heavy atom. The van der Waals surface area contributed by atoms with Gasteiger partial charge >= 0.3 is 0 Å². The first-order valence-electron chi connectivity index (χ1n) is 20.5. The summed E-state index contributed by atoms with van der Waals surface area (Å²) >= 11 is 6.36. The number of halogens is 2. The summed E-state index contributed by atoms with van der Waals surface area (Å²) in [4.78, 5) is 48.6. The number of anilines is 4. The van der Waals surface area contributed by atoms with Crippen molar-refractivity contribution in [3.05, 3.63) is 82.6 Å². The predicted octanol–water partition coefficient (Wildman–Crippen LogP) is 6.13. The van der Waals surface area contributed by atoms with Crippen LogP contribution in [0.25, 0.3) is 0 Å². The SMILES string of the molecule is C[C@@H]1CC2(CCN(c3ccc(C(=O)N4CCC(CN5CCN(c6cccc(N[C@@H]7CCC(=O)NC7=O)c6)CC5)CC4)cc3F)CC2)CN1c1ccc(C#N)c(Cl)c1.